The summed E-state index contributed by atoms with van der Waals surface area (Å²) in [6.07, 6.45) is -4.54. The summed E-state index contributed by atoms with van der Waals surface area (Å²) in [6.45, 7) is 1.21. The fourth-order valence-electron chi connectivity index (χ4n) is 5.09. The molecular formula is C41H41N7O20. The number of hydrogen-bond donors (Lipinski definition) is 0. The zero-order chi connectivity index (χ0) is 48.4. The van der Waals surface area contributed by atoms with E-state index in [9.17, 15) is 39.4 Å². The van der Waals surface area contributed by atoms with E-state index in [0.29, 0.717) is 22.3 Å². The highest BCUT2D eigenvalue weighted by Gasteiger charge is 2.24. The van der Waals surface area contributed by atoms with Crippen LogP contribution in [0.5, 0.6) is 11.5 Å². The number of rotatable bonds is 24. The minimum absolute atomic E-state index is 0.0102. The molecule has 2 heterocycles. The highest BCUT2D eigenvalue weighted by atomic mass is 16.8. The van der Waals surface area contributed by atoms with Crippen LogP contribution < -0.4 is 14.3 Å². The number of nitrogens with zero attached hydrogens (tertiary/aromatic N) is 7. The van der Waals surface area contributed by atoms with Gasteiger partial charge >= 0.3 is 24.6 Å². The first-order valence-electron chi connectivity index (χ1n) is 20.0. The summed E-state index contributed by atoms with van der Waals surface area (Å²) in [4.78, 5) is 72.4. The van der Waals surface area contributed by atoms with E-state index in [1.165, 1.54) is 48.5 Å². The van der Waals surface area contributed by atoms with Gasteiger partial charge in [-0.2, -0.15) is 5.11 Å². The standard InChI is InChI=1S/C21H21N5O8.C20H20N2O12/c27-20(33-19-15-5-1-2-6-16(15)22-24-19)31-13-11-29-9-10-30-12-14-32-21(28)34-26-18-8-4-3-7-17(18)23-25-26;23-19(33-17-5-1-15(2-6-17)21(25)26)31-13-11-29-9-10-30-12-14-32-20(24)34-18-7-3-16(4-8-18)22(27)28/h1-8,19H,9-14H2;1-8H,9-14H2. The summed E-state index contributed by atoms with van der Waals surface area (Å²) in [5.41, 5.74) is 2.23. The molecule has 0 aliphatic carbocycles. The number of aromatic nitrogens is 3. The molecule has 0 amide bonds. The lowest BCUT2D eigenvalue weighted by molar-refractivity contribution is -0.385. The Morgan fingerprint density at radius 3 is 1.49 bits per heavy atom. The van der Waals surface area contributed by atoms with Gasteiger partial charge in [0.05, 0.1) is 68.4 Å². The smallest absolute Gasteiger partial charge is 0.432 e. The van der Waals surface area contributed by atoms with Crippen LogP contribution in [0.25, 0.3) is 11.0 Å². The molecule has 0 saturated heterocycles. The van der Waals surface area contributed by atoms with Crippen LogP contribution in [0.15, 0.2) is 107 Å². The minimum atomic E-state index is -0.980. The first kappa shape index (κ1) is 50.6. The van der Waals surface area contributed by atoms with E-state index in [1.54, 1.807) is 36.4 Å². The normalized spacial score (nSPS) is 12.1. The van der Waals surface area contributed by atoms with E-state index in [4.69, 9.17) is 56.9 Å². The summed E-state index contributed by atoms with van der Waals surface area (Å²) in [6, 6.07) is 24.1. The van der Waals surface area contributed by atoms with Gasteiger partial charge in [0, 0.05) is 29.8 Å². The van der Waals surface area contributed by atoms with Crippen LogP contribution in [0, 0.1) is 20.2 Å². The van der Waals surface area contributed by atoms with Gasteiger partial charge in [0.25, 0.3) is 11.4 Å². The number of para-hydroxylation sites is 1. The van der Waals surface area contributed by atoms with Gasteiger partial charge in [-0.25, -0.2) is 19.2 Å². The second-order valence-corrected chi connectivity index (χ2v) is 12.8. The van der Waals surface area contributed by atoms with Crippen molar-refractivity contribution in [3.63, 3.8) is 0 Å². The third-order valence-electron chi connectivity index (χ3n) is 8.20. The Morgan fingerprint density at radius 2 is 0.971 bits per heavy atom. The summed E-state index contributed by atoms with van der Waals surface area (Å²) < 4.78 is 55.3. The lowest BCUT2D eigenvalue weighted by Crippen LogP contribution is -2.23. The summed E-state index contributed by atoms with van der Waals surface area (Å²) in [7, 11) is 0. The first-order chi connectivity index (χ1) is 33.0. The molecule has 0 bridgehead atoms. The molecule has 27 heteroatoms. The molecule has 4 aromatic carbocycles. The zero-order valence-electron chi connectivity index (χ0n) is 35.6. The maximum Gasteiger partial charge on any atom is 0.535 e. The SMILES string of the molecule is O=C(OCCOCCOCCOC(=O)Oc1ccc([N+](=O)[O-])cc1)Oc1ccc([N+](=O)[O-])cc1.O=C(OCCOCCOCCOC(=O)On1nnc2ccccc21)OC1N=Nc2ccccc21. The third-order valence-corrected chi connectivity index (χ3v) is 8.20. The third kappa shape index (κ3) is 17.9. The predicted octanol–water partition coefficient (Wildman–Crippen LogP) is 6.25. The molecule has 27 nitrogen and oxygen atoms in total. The van der Waals surface area contributed by atoms with Crippen molar-refractivity contribution in [3.8, 4) is 11.5 Å². The Kier molecular flexibility index (Phi) is 20.7. The number of nitro groups is 2. The molecular weight excluding hydrogens is 910 g/mol. The summed E-state index contributed by atoms with van der Waals surface area (Å²) >= 11 is 0. The van der Waals surface area contributed by atoms with Crippen LogP contribution >= 0.6 is 0 Å². The molecule has 1 unspecified atom stereocenters. The van der Waals surface area contributed by atoms with Gasteiger partial charge in [-0.05, 0) is 47.7 Å². The van der Waals surface area contributed by atoms with Crippen LogP contribution in [0.3, 0.4) is 0 Å². The second-order valence-electron chi connectivity index (χ2n) is 12.8. The number of ether oxygens (including phenoxy) is 11. The molecule has 1 aliphatic heterocycles. The number of nitro benzene ring substituents is 2. The molecule has 0 saturated carbocycles. The van der Waals surface area contributed by atoms with E-state index < -0.39 is 40.7 Å². The number of non-ortho nitro benzene ring substituents is 2. The highest BCUT2D eigenvalue weighted by Crippen LogP contribution is 2.36. The van der Waals surface area contributed by atoms with Crippen molar-refractivity contribution in [3.05, 3.63) is 123 Å². The van der Waals surface area contributed by atoms with Crippen molar-refractivity contribution in [2.45, 2.75) is 6.23 Å². The van der Waals surface area contributed by atoms with Gasteiger partial charge in [0.15, 0.2) is 0 Å². The average Bonchev–Trinajstić information content (AvgIpc) is 3.94. The lowest BCUT2D eigenvalue weighted by Gasteiger charge is -2.10. The number of carbonyl (C=O) groups excluding carboxylic acids is 4. The van der Waals surface area contributed by atoms with Crippen LogP contribution in [0.2, 0.25) is 0 Å². The maximum absolute atomic E-state index is 11.7. The monoisotopic (exact) mass is 951 g/mol. The molecule has 1 aliphatic rings. The molecule has 6 rings (SSSR count). The van der Waals surface area contributed by atoms with E-state index in [0.717, 1.165) is 4.85 Å². The van der Waals surface area contributed by atoms with Crippen LogP contribution in [-0.2, 0) is 42.6 Å². The zero-order valence-corrected chi connectivity index (χ0v) is 35.6. The predicted molar refractivity (Wildman–Crippen MR) is 225 cm³/mol. The average molecular weight is 952 g/mol. The lowest BCUT2D eigenvalue weighted by atomic mass is 10.2. The minimum Gasteiger partial charge on any atom is -0.432 e. The quantitative estimate of drug-likeness (QED) is 0.0125. The molecule has 68 heavy (non-hydrogen) atoms. The Morgan fingerprint density at radius 1 is 0.529 bits per heavy atom. The molecule has 0 radical (unpaired) electrons. The highest BCUT2D eigenvalue weighted by molar-refractivity contribution is 5.74. The van der Waals surface area contributed by atoms with Gasteiger partial charge in [0.2, 0.25) is 6.23 Å². The number of fused-ring (bicyclic) bond motifs is 2. The number of hydrogen-bond acceptors (Lipinski definition) is 24. The Balaban J connectivity index is 0.000000254. The molecule has 0 fully saturated rings. The van der Waals surface area contributed by atoms with E-state index >= 15 is 0 Å². The van der Waals surface area contributed by atoms with E-state index in [2.05, 4.69) is 20.5 Å². The summed E-state index contributed by atoms with van der Waals surface area (Å²) in [5, 5.41) is 36.5. The van der Waals surface area contributed by atoms with Crippen molar-refractivity contribution in [2.24, 2.45) is 10.2 Å². The van der Waals surface area contributed by atoms with Gasteiger partial charge in [-0.3, -0.25) is 25.1 Å². The van der Waals surface area contributed by atoms with Crippen LogP contribution in [0.4, 0.5) is 36.2 Å². The number of benzene rings is 4. The number of carbonyl (C=O) groups is 4. The fraction of sp³-hybridized carbons (Fsp3) is 0.317. The molecule has 0 N–H and O–H groups in total. The fourth-order valence-corrected chi connectivity index (χ4v) is 5.09. The van der Waals surface area contributed by atoms with Gasteiger partial charge in [-0.15, -0.1) is 10.2 Å². The topological polar surface area (TPSA) is 321 Å². The Labute approximate surface area is 383 Å². The van der Waals surface area contributed by atoms with Gasteiger partial charge in [0.1, 0.15) is 49.0 Å². The Bertz CT molecular complexity index is 2370. The van der Waals surface area contributed by atoms with Crippen molar-refractivity contribution in [2.75, 3.05) is 79.3 Å². The molecule has 0 spiro atoms. The molecule has 1 atom stereocenters. The second kappa shape index (κ2) is 27.8. The van der Waals surface area contributed by atoms with Crippen molar-refractivity contribution in [1.29, 1.82) is 0 Å². The summed E-state index contributed by atoms with van der Waals surface area (Å²) in [5.74, 6) is 0.201. The van der Waals surface area contributed by atoms with Crippen LogP contribution in [-0.4, -0.2) is 129 Å². The van der Waals surface area contributed by atoms with Gasteiger partial charge < -0.3 is 52.1 Å². The van der Waals surface area contributed by atoms with Gasteiger partial charge in [-0.1, -0.05) is 35.2 Å². The van der Waals surface area contributed by atoms with Crippen molar-refractivity contribution >= 4 is 52.7 Å². The van der Waals surface area contributed by atoms with E-state index in [-0.39, 0.29) is 102 Å². The van der Waals surface area contributed by atoms with Crippen molar-refractivity contribution < 1.29 is 86.0 Å². The molecule has 360 valence electrons. The molecule has 1 aromatic heterocycles. The maximum atomic E-state index is 11.7. The van der Waals surface area contributed by atoms with Crippen molar-refractivity contribution in [1.82, 2.24) is 15.2 Å². The first-order valence-corrected chi connectivity index (χ1v) is 20.0. The Hall–Kier alpha value is -8.40. The largest absolute Gasteiger partial charge is 0.535 e. The van der Waals surface area contributed by atoms with Crippen LogP contribution in [0.1, 0.15) is 11.8 Å². The molecule has 5 aromatic rings. The number of azo groups is 1. The van der Waals surface area contributed by atoms with E-state index in [1.807, 2.05) is 12.1 Å².